The molecule has 1 aromatic carbocycles. The Hall–Kier alpha value is -2.63. The largest absolute Gasteiger partial charge is 0.444 e. The van der Waals surface area contributed by atoms with Crippen molar-refractivity contribution in [3.8, 4) is 0 Å². The number of hydrogen-bond acceptors (Lipinski definition) is 4. The van der Waals surface area contributed by atoms with Crippen molar-refractivity contribution in [1.82, 2.24) is 15.2 Å². The van der Waals surface area contributed by atoms with Gasteiger partial charge in [0.05, 0.1) is 18.7 Å². The van der Waals surface area contributed by atoms with Crippen molar-refractivity contribution in [2.75, 3.05) is 13.1 Å². The maximum Gasteiger partial charge on any atom is 0.253 e. The fourth-order valence-electron chi connectivity index (χ4n) is 2.93. The lowest BCUT2D eigenvalue weighted by Gasteiger charge is -2.32. The summed E-state index contributed by atoms with van der Waals surface area (Å²) in [4.78, 5) is 30.7. The van der Waals surface area contributed by atoms with Gasteiger partial charge in [0.2, 0.25) is 11.8 Å². The molecule has 6 nitrogen and oxygen atoms in total. The van der Waals surface area contributed by atoms with E-state index in [0.29, 0.717) is 24.5 Å². The van der Waals surface area contributed by atoms with E-state index in [1.165, 1.54) is 0 Å². The van der Waals surface area contributed by atoms with Crippen LogP contribution in [0.5, 0.6) is 0 Å². The van der Waals surface area contributed by atoms with Crippen LogP contribution in [0.3, 0.4) is 0 Å². The number of aryl methyl sites for hydroxylation is 1. The third kappa shape index (κ3) is 3.82. The smallest absolute Gasteiger partial charge is 0.253 e. The van der Waals surface area contributed by atoms with Gasteiger partial charge in [-0.2, -0.15) is 0 Å². The molecule has 1 saturated heterocycles. The summed E-state index contributed by atoms with van der Waals surface area (Å²) in [6, 6.07) is 9.18. The first kappa shape index (κ1) is 16.2. The van der Waals surface area contributed by atoms with Crippen molar-refractivity contribution in [3.05, 3.63) is 53.7 Å². The molecule has 2 aromatic rings. The lowest BCUT2D eigenvalue weighted by atomic mass is 9.96. The lowest BCUT2D eigenvalue weighted by Crippen LogP contribution is -2.45. The maximum atomic E-state index is 12.5. The minimum Gasteiger partial charge on any atom is -0.444 e. The molecule has 24 heavy (non-hydrogen) atoms. The molecule has 0 unspecified atom stereocenters. The highest BCUT2D eigenvalue weighted by Crippen LogP contribution is 2.19. The number of nitrogens with zero attached hydrogens (tertiary/aromatic N) is 2. The van der Waals surface area contributed by atoms with Crippen LogP contribution in [0.15, 0.2) is 40.9 Å². The standard InChI is InChI=1S/C18H21N3O3/c1-13-10-19-16(24-13)11-20-17(22)15-8-5-9-21(12-15)18(23)14-6-3-2-4-7-14/h2-4,6-7,10,15H,5,8-9,11-12H2,1H3,(H,20,22)/t15-/m0/s1. The number of likely N-dealkylation sites (tertiary alicyclic amines) is 1. The highest BCUT2D eigenvalue weighted by Gasteiger charge is 2.28. The molecule has 2 heterocycles. The quantitative estimate of drug-likeness (QED) is 0.933. The van der Waals surface area contributed by atoms with Gasteiger partial charge in [0.15, 0.2) is 0 Å². The first-order chi connectivity index (χ1) is 11.6. The van der Waals surface area contributed by atoms with Crippen LogP contribution in [0.4, 0.5) is 0 Å². The molecule has 0 radical (unpaired) electrons. The van der Waals surface area contributed by atoms with Gasteiger partial charge in [-0.1, -0.05) is 18.2 Å². The van der Waals surface area contributed by atoms with Crippen LogP contribution in [0.25, 0.3) is 0 Å². The van der Waals surface area contributed by atoms with Gasteiger partial charge in [-0.05, 0) is 31.9 Å². The molecule has 3 rings (SSSR count). The van der Waals surface area contributed by atoms with Gasteiger partial charge in [0.25, 0.3) is 5.91 Å². The zero-order valence-corrected chi connectivity index (χ0v) is 13.7. The molecule has 0 saturated carbocycles. The summed E-state index contributed by atoms with van der Waals surface area (Å²) in [6.07, 6.45) is 3.24. The topological polar surface area (TPSA) is 75.4 Å². The van der Waals surface area contributed by atoms with Crippen LogP contribution in [0.2, 0.25) is 0 Å². The number of hydrogen-bond donors (Lipinski definition) is 1. The van der Waals surface area contributed by atoms with Crippen LogP contribution in [-0.2, 0) is 11.3 Å². The Morgan fingerprint density at radius 1 is 1.33 bits per heavy atom. The SMILES string of the molecule is Cc1cnc(CNC(=O)[C@H]2CCCN(C(=O)c3ccccc3)C2)o1. The summed E-state index contributed by atoms with van der Waals surface area (Å²) in [6.45, 7) is 3.23. The Balaban J connectivity index is 1.56. The number of carbonyl (C=O) groups excluding carboxylic acids is 2. The Kier molecular flexibility index (Phi) is 4.93. The van der Waals surface area contributed by atoms with Gasteiger partial charge in [-0.15, -0.1) is 0 Å². The molecule has 0 bridgehead atoms. The predicted octanol–water partition coefficient (Wildman–Crippen LogP) is 2.15. The fraction of sp³-hybridized carbons (Fsp3) is 0.389. The summed E-state index contributed by atoms with van der Waals surface area (Å²) >= 11 is 0. The monoisotopic (exact) mass is 327 g/mol. The molecule has 1 fully saturated rings. The molecule has 0 aliphatic carbocycles. The zero-order valence-electron chi connectivity index (χ0n) is 13.7. The van der Waals surface area contributed by atoms with E-state index in [9.17, 15) is 9.59 Å². The van der Waals surface area contributed by atoms with Crippen LogP contribution in [-0.4, -0.2) is 34.8 Å². The van der Waals surface area contributed by atoms with Gasteiger partial charge in [-0.3, -0.25) is 9.59 Å². The third-order valence-corrected chi connectivity index (χ3v) is 4.18. The summed E-state index contributed by atoms with van der Waals surface area (Å²) in [7, 11) is 0. The number of aromatic nitrogens is 1. The van der Waals surface area contributed by atoms with E-state index in [4.69, 9.17) is 4.42 Å². The summed E-state index contributed by atoms with van der Waals surface area (Å²) in [5.41, 5.74) is 0.661. The van der Waals surface area contributed by atoms with Crippen molar-refractivity contribution < 1.29 is 14.0 Å². The van der Waals surface area contributed by atoms with Crippen molar-refractivity contribution in [1.29, 1.82) is 0 Å². The molecule has 1 atom stereocenters. The van der Waals surface area contributed by atoms with E-state index in [1.807, 2.05) is 25.1 Å². The normalized spacial score (nSPS) is 17.5. The first-order valence-electron chi connectivity index (χ1n) is 8.17. The number of nitrogens with one attached hydrogen (secondary N) is 1. The van der Waals surface area contributed by atoms with Gasteiger partial charge in [-0.25, -0.2) is 4.98 Å². The maximum absolute atomic E-state index is 12.5. The highest BCUT2D eigenvalue weighted by atomic mass is 16.4. The average molecular weight is 327 g/mol. The van der Waals surface area contributed by atoms with E-state index in [-0.39, 0.29) is 24.3 Å². The molecule has 2 amide bonds. The van der Waals surface area contributed by atoms with E-state index < -0.39 is 0 Å². The minimum atomic E-state index is -0.192. The van der Waals surface area contributed by atoms with Crippen LogP contribution >= 0.6 is 0 Å². The number of benzene rings is 1. The Morgan fingerprint density at radius 3 is 2.83 bits per heavy atom. The van der Waals surface area contributed by atoms with Crippen molar-refractivity contribution in [3.63, 3.8) is 0 Å². The van der Waals surface area contributed by atoms with E-state index in [0.717, 1.165) is 18.6 Å². The second-order valence-electron chi connectivity index (χ2n) is 6.04. The molecule has 126 valence electrons. The Morgan fingerprint density at radius 2 is 2.12 bits per heavy atom. The number of rotatable bonds is 4. The Labute approximate surface area is 140 Å². The van der Waals surface area contributed by atoms with E-state index in [1.54, 1.807) is 23.2 Å². The number of piperidine rings is 1. The second-order valence-corrected chi connectivity index (χ2v) is 6.04. The summed E-state index contributed by atoms with van der Waals surface area (Å²) < 4.78 is 5.35. The molecular formula is C18H21N3O3. The van der Waals surface area contributed by atoms with Gasteiger partial charge in [0, 0.05) is 18.7 Å². The molecular weight excluding hydrogens is 306 g/mol. The lowest BCUT2D eigenvalue weighted by molar-refractivity contribution is -0.126. The summed E-state index contributed by atoms with van der Waals surface area (Å²) in [5.74, 6) is 0.945. The molecule has 0 spiro atoms. The first-order valence-corrected chi connectivity index (χ1v) is 8.17. The average Bonchev–Trinajstić information content (AvgIpc) is 3.05. The highest BCUT2D eigenvalue weighted by molar-refractivity contribution is 5.94. The van der Waals surface area contributed by atoms with E-state index >= 15 is 0 Å². The van der Waals surface area contributed by atoms with Crippen LogP contribution in [0, 0.1) is 12.8 Å². The molecule has 1 aliphatic heterocycles. The second kappa shape index (κ2) is 7.29. The predicted molar refractivity (Wildman–Crippen MR) is 88.2 cm³/mol. The van der Waals surface area contributed by atoms with Gasteiger partial charge in [0.1, 0.15) is 5.76 Å². The molecule has 1 aliphatic rings. The van der Waals surface area contributed by atoms with Crippen LogP contribution < -0.4 is 5.32 Å². The zero-order chi connectivity index (χ0) is 16.9. The van der Waals surface area contributed by atoms with E-state index in [2.05, 4.69) is 10.3 Å². The van der Waals surface area contributed by atoms with Crippen LogP contribution in [0.1, 0.15) is 34.9 Å². The number of carbonyl (C=O) groups is 2. The molecule has 1 N–H and O–H groups in total. The number of amides is 2. The molecule has 1 aromatic heterocycles. The van der Waals surface area contributed by atoms with Crippen molar-refractivity contribution >= 4 is 11.8 Å². The molecule has 6 heteroatoms. The van der Waals surface area contributed by atoms with Gasteiger partial charge >= 0.3 is 0 Å². The third-order valence-electron chi connectivity index (χ3n) is 4.18. The minimum absolute atomic E-state index is 0.0172. The van der Waals surface area contributed by atoms with Crippen molar-refractivity contribution in [2.45, 2.75) is 26.3 Å². The van der Waals surface area contributed by atoms with Gasteiger partial charge < -0.3 is 14.6 Å². The number of oxazole rings is 1. The van der Waals surface area contributed by atoms with Crippen molar-refractivity contribution in [2.24, 2.45) is 5.92 Å². The Bertz CT molecular complexity index is 711. The summed E-state index contributed by atoms with van der Waals surface area (Å²) in [5, 5.41) is 2.85. The fourth-order valence-corrected chi connectivity index (χ4v) is 2.93.